The van der Waals surface area contributed by atoms with Crippen LogP contribution in [-0.2, 0) is 5.41 Å². The normalized spacial score (nSPS) is 20.5. The van der Waals surface area contributed by atoms with Crippen molar-refractivity contribution in [3.8, 4) is 0 Å². The Morgan fingerprint density at radius 3 is 2.52 bits per heavy atom. The number of hydrogen-bond donors (Lipinski definition) is 1. The van der Waals surface area contributed by atoms with Gasteiger partial charge >= 0.3 is 0 Å². The van der Waals surface area contributed by atoms with E-state index in [0.717, 1.165) is 19.3 Å². The second-order valence-corrected chi connectivity index (χ2v) is 7.31. The lowest BCUT2D eigenvalue weighted by Gasteiger charge is -2.36. The quantitative estimate of drug-likeness (QED) is 0.664. The summed E-state index contributed by atoms with van der Waals surface area (Å²) in [6.45, 7) is 2.86. The van der Waals surface area contributed by atoms with E-state index in [1.165, 1.54) is 33.0 Å². The highest BCUT2D eigenvalue weighted by Gasteiger charge is 2.33. The highest BCUT2D eigenvalue weighted by molar-refractivity contribution is 5.94. The number of benzene rings is 3. The van der Waals surface area contributed by atoms with Crippen LogP contribution in [0.5, 0.6) is 0 Å². The van der Waals surface area contributed by atoms with Crippen LogP contribution in [0, 0.1) is 6.92 Å². The zero-order chi connectivity index (χ0) is 17.3. The molecule has 0 saturated carbocycles. The first kappa shape index (κ1) is 16.1. The van der Waals surface area contributed by atoms with Crippen LogP contribution in [-0.4, -0.2) is 6.54 Å². The van der Waals surface area contributed by atoms with Crippen molar-refractivity contribution >= 4 is 16.3 Å². The van der Waals surface area contributed by atoms with E-state index in [-0.39, 0.29) is 5.41 Å². The number of allylic oxidation sites excluding steroid dienone is 2. The molecule has 0 aromatic heterocycles. The molecule has 1 nitrogen and oxygen atoms in total. The van der Waals surface area contributed by atoms with Crippen LogP contribution in [0.2, 0.25) is 0 Å². The van der Waals surface area contributed by atoms with Crippen molar-refractivity contribution in [1.29, 1.82) is 0 Å². The summed E-state index contributed by atoms with van der Waals surface area (Å²) >= 11 is 0. The van der Waals surface area contributed by atoms with Crippen LogP contribution in [0.4, 0.5) is 0 Å². The lowest BCUT2D eigenvalue weighted by atomic mass is 9.69. The van der Waals surface area contributed by atoms with Gasteiger partial charge in [0.25, 0.3) is 0 Å². The first-order valence-corrected chi connectivity index (χ1v) is 9.16. The first-order chi connectivity index (χ1) is 12.2. The summed E-state index contributed by atoms with van der Waals surface area (Å²) < 4.78 is 0. The average molecular weight is 327 g/mol. The molecule has 0 fully saturated rings. The van der Waals surface area contributed by atoms with Crippen molar-refractivity contribution in [3.63, 3.8) is 0 Å². The fourth-order valence-electron chi connectivity index (χ4n) is 4.19. The summed E-state index contributed by atoms with van der Waals surface area (Å²) in [5.74, 6) is 0. The van der Waals surface area contributed by atoms with Gasteiger partial charge < -0.3 is 5.73 Å². The minimum atomic E-state index is 0.0834. The molecule has 25 heavy (non-hydrogen) atoms. The van der Waals surface area contributed by atoms with Crippen LogP contribution in [0.25, 0.3) is 16.3 Å². The van der Waals surface area contributed by atoms with Crippen molar-refractivity contribution in [1.82, 2.24) is 0 Å². The van der Waals surface area contributed by atoms with Gasteiger partial charge in [0.05, 0.1) is 0 Å². The molecule has 0 saturated heterocycles. The fourth-order valence-corrected chi connectivity index (χ4v) is 4.19. The highest BCUT2D eigenvalue weighted by atomic mass is 14.6. The Morgan fingerprint density at radius 2 is 1.76 bits per heavy atom. The van der Waals surface area contributed by atoms with Crippen molar-refractivity contribution in [2.75, 3.05) is 6.54 Å². The van der Waals surface area contributed by atoms with Crippen LogP contribution >= 0.6 is 0 Å². The molecule has 3 aromatic rings. The predicted molar refractivity (Wildman–Crippen MR) is 108 cm³/mol. The summed E-state index contributed by atoms with van der Waals surface area (Å²) in [4.78, 5) is 0. The SMILES string of the molecule is Cc1cccc(C2(CN)CC=C(c3cccc4ccccc34)CC2)c1. The van der Waals surface area contributed by atoms with Crippen molar-refractivity contribution in [3.05, 3.63) is 89.5 Å². The van der Waals surface area contributed by atoms with Crippen molar-refractivity contribution < 1.29 is 0 Å². The molecule has 0 radical (unpaired) electrons. The molecule has 0 spiro atoms. The molecule has 4 rings (SSSR count). The number of aryl methyl sites for hydroxylation is 1. The molecular weight excluding hydrogens is 302 g/mol. The van der Waals surface area contributed by atoms with Gasteiger partial charge in [0, 0.05) is 12.0 Å². The van der Waals surface area contributed by atoms with E-state index in [0.29, 0.717) is 6.54 Å². The molecule has 0 amide bonds. The van der Waals surface area contributed by atoms with Crippen LogP contribution in [0.15, 0.2) is 72.8 Å². The van der Waals surface area contributed by atoms with E-state index >= 15 is 0 Å². The lowest BCUT2D eigenvalue weighted by Crippen LogP contribution is -2.36. The second kappa shape index (κ2) is 6.50. The maximum Gasteiger partial charge on any atom is 0.0113 e. The molecule has 3 aromatic carbocycles. The van der Waals surface area contributed by atoms with Crippen LogP contribution < -0.4 is 5.73 Å². The predicted octanol–water partition coefficient (Wildman–Crippen LogP) is 5.61. The van der Waals surface area contributed by atoms with E-state index in [1.54, 1.807) is 0 Å². The summed E-state index contributed by atoms with van der Waals surface area (Å²) in [6, 6.07) is 24.2. The lowest BCUT2D eigenvalue weighted by molar-refractivity contribution is 0.402. The number of rotatable bonds is 3. The fraction of sp³-hybridized carbons (Fsp3) is 0.250. The number of fused-ring (bicyclic) bond motifs is 1. The Labute approximate surface area is 150 Å². The van der Waals surface area contributed by atoms with Gasteiger partial charge in [-0.3, -0.25) is 0 Å². The van der Waals surface area contributed by atoms with Crippen LogP contribution in [0.1, 0.15) is 36.0 Å². The number of hydrogen-bond acceptors (Lipinski definition) is 1. The number of nitrogens with two attached hydrogens (primary N) is 1. The van der Waals surface area contributed by atoms with E-state index in [4.69, 9.17) is 5.73 Å². The summed E-state index contributed by atoms with van der Waals surface area (Å²) in [7, 11) is 0. The third-order valence-corrected chi connectivity index (χ3v) is 5.77. The molecule has 0 aliphatic heterocycles. The Morgan fingerprint density at radius 1 is 0.960 bits per heavy atom. The zero-order valence-electron chi connectivity index (χ0n) is 14.8. The Hall–Kier alpha value is -2.38. The van der Waals surface area contributed by atoms with Gasteiger partial charge in [0.2, 0.25) is 0 Å². The molecule has 1 atom stereocenters. The van der Waals surface area contributed by atoms with E-state index in [1.807, 2.05) is 0 Å². The first-order valence-electron chi connectivity index (χ1n) is 9.16. The molecule has 126 valence electrons. The summed E-state index contributed by atoms with van der Waals surface area (Å²) in [6.07, 6.45) is 5.65. The molecule has 1 heteroatoms. The maximum absolute atomic E-state index is 6.27. The third kappa shape index (κ3) is 2.89. The van der Waals surface area contributed by atoms with Crippen LogP contribution in [0.3, 0.4) is 0 Å². The third-order valence-electron chi connectivity index (χ3n) is 5.77. The van der Waals surface area contributed by atoms with Gasteiger partial charge in [-0.05, 0) is 53.7 Å². The van der Waals surface area contributed by atoms with Crippen molar-refractivity contribution in [2.45, 2.75) is 31.6 Å². The smallest absolute Gasteiger partial charge is 0.0113 e. The van der Waals surface area contributed by atoms with Gasteiger partial charge in [0.1, 0.15) is 0 Å². The molecule has 1 aliphatic carbocycles. The van der Waals surface area contributed by atoms with E-state index in [9.17, 15) is 0 Å². The molecule has 1 unspecified atom stereocenters. The van der Waals surface area contributed by atoms with Gasteiger partial charge in [-0.25, -0.2) is 0 Å². The monoisotopic (exact) mass is 327 g/mol. The van der Waals surface area contributed by atoms with Gasteiger partial charge in [-0.1, -0.05) is 78.4 Å². The van der Waals surface area contributed by atoms with Gasteiger partial charge in [-0.2, -0.15) is 0 Å². The largest absolute Gasteiger partial charge is 0.330 e. The van der Waals surface area contributed by atoms with E-state index < -0.39 is 0 Å². The minimum absolute atomic E-state index is 0.0834. The Kier molecular flexibility index (Phi) is 4.19. The molecule has 0 bridgehead atoms. The van der Waals surface area contributed by atoms with Crippen molar-refractivity contribution in [2.24, 2.45) is 5.73 Å². The standard InChI is InChI=1S/C24H25N/c1-18-6-4-9-21(16-18)24(17-25)14-12-20(13-15-24)23-11-5-8-19-7-2-3-10-22(19)23/h2-12,16H,13-15,17,25H2,1H3. The van der Waals surface area contributed by atoms with Gasteiger partial charge in [-0.15, -0.1) is 0 Å². The second-order valence-electron chi connectivity index (χ2n) is 7.31. The molecule has 2 N–H and O–H groups in total. The topological polar surface area (TPSA) is 26.0 Å². The molecule has 0 heterocycles. The minimum Gasteiger partial charge on any atom is -0.330 e. The Bertz CT molecular complexity index is 932. The Balaban J connectivity index is 1.71. The zero-order valence-corrected chi connectivity index (χ0v) is 14.8. The highest BCUT2D eigenvalue weighted by Crippen LogP contribution is 2.42. The summed E-state index contributed by atoms with van der Waals surface area (Å²) in [5.41, 5.74) is 11.9. The van der Waals surface area contributed by atoms with Gasteiger partial charge in [0.15, 0.2) is 0 Å². The molecule has 1 aliphatic rings. The average Bonchev–Trinajstić information content (AvgIpc) is 2.68. The maximum atomic E-state index is 6.27. The summed E-state index contributed by atoms with van der Waals surface area (Å²) in [5, 5.41) is 2.67. The molecular formula is C24H25N. The van der Waals surface area contributed by atoms with E-state index in [2.05, 4.69) is 79.7 Å².